The fourth-order valence-corrected chi connectivity index (χ4v) is 2.49. The zero-order valence-corrected chi connectivity index (χ0v) is 12.2. The van der Waals surface area contributed by atoms with Crippen molar-refractivity contribution in [2.75, 3.05) is 4.90 Å². The van der Waals surface area contributed by atoms with Crippen molar-refractivity contribution in [2.24, 2.45) is 0 Å². The monoisotopic (exact) mass is 318 g/mol. The minimum absolute atomic E-state index is 0.314. The van der Waals surface area contributed by atoms with Crippen LogP contribution in [0, 0.1) is 5.82 Å². The van der Waals surface area contributed by atoms with Gasteiger partial charge in [0.05, 0.1) is 5.69 Å². The van der Waals surface area contributed by atoms with Gasteiger partial charge in [-0.25, -0.2) is 14.1 Å². The summed E-state index contributed by atoms with van der Waals surface area (Å²) in [6, 6.07) is 11.2. The van der Waals surface area contributed by atoms with Crippen LogP contribution in [0.4, 0.5) is 14.9 Å². The minimum atomic E-state index is -0.659. The van der Waals surface area contributed by atoms with Gasteiger partial charge in [-0.2, -0.15) is 0 Å². The van der Waals surface area contributed by atoms with Gasteiger partial charge in [-0.15, -0.1) is 0 Å². The number of imide groups is 1. The third-order valence-corrected chi connectivity index (χ3v) is 3.71. The van der Waals surface area contributed by atoms with Crippen molar-refractivity contribution in [1.29, 1.82) is 0 Å². The molecule has 3 amide bonds. The van der Waals surface area contributed by atoms with Crippen molar-refractivity contribution in [3.8, 4) is 0 Å². The number of anilines is 1. The first-order valence-corrected chi connectivity index (χ1v) is 7.07. The first-order valence-electron chi connectivity index (χ1n) is 6.69. The minimum Gasteiger partial charge on any atom is -0.325 e. The number of hydrogen-bond acceptors (Lipinski definition) is 2. The number of nitrogens with one attached hydrogen (secondary N) is 1. The Balaban J connectivity index is 1.79. The lowest BCUT2D eigenvalue weighted by Gasteiger charge is -2.13. The third-order valence-electron chi connectivity index (χ3n) is 3.46. The quantitative estimate of drug-likeness (QED) is 0.884. The van der Waals surface area contributed by atoms with Gasteiger partial charge in [0.1, 0.15) is 11.9 Å². The molecule has 1 heterocycles. The van der Waals surface area contributed by atoms with Gasteiger partial charge >= 0.3 is 6.03 Å². The Morgan fingerprint density at radius 1 is 1.05 bits per heavy atom. The van der Waals surface area contributed by atoms with E-state index in [-0.39, 0.29) is 11.7 Å². The van der Waals surface area contributed by atoms with Crippen molar-refractivity contribution < 1.29 is 14.0 Å². The van der Waals surface area contributed by atoms with Crippen molar-refractivity contribution >= 4 is 29.2 Å². The van der Waals surface area contributed by atoms with Crippen LogP contribution in [0.1, 0.15) is 5.56 Å². The molecule has 0 aromatic heterocycles. The highest BCUT2D eigenvalue weighted by Gasteiger charge is 2.38. The summed E-state index contributed by atoms with van der Waals surface area (Å²) in [5.41, 5.74) is 1.24. The molecule has 6 heteroatoms. The summed E-state index contributed by atoms with van der Waals surface area (Å²) in [5.74, 6) is -0.676. The third kappa shape index (κ3) is 2.80. The van der Waals surface area contributed by atoms with E-state index in [1.165, 1.54) is 12.1 Å². The number of rotatable bonds is 3. The lowest BCUT2D eigenvalue weighted by molar-refractivity contribution is -0.118. The lowest BCUT2D eigenvalue weighted by atomic mass is 10.1. The first kappa shape index (κ1) is 14.5. The Bertz CT molecular complexity index is 716. The summed E-state index contributed by atoms with van der Waals surface area (Å²) >= 11 is 5.81. The number of carbonyl (C=O) groups is 2. The standard InChI is InChI=1S/C16H12ClFN2O2/c17-11-3-7-13(8-4-11)20-15(21)14(19-16(20)22)9-10-1-5-12(18)6-2-10/h1-8,14H,9H2,(H,19,22). The fraction of sp³-hybridized carbons (Fsp3) is 0.125. The summed E-state index contributed by atoms with van der Waals surface area (Å²) in [5, 5.41) is 3.17. The molecule has 22 heavy (non-hydrogen) atoms. The second-order valence-corrected chi connectivity index (χ2v) is 5.42. The first-order chi connectivity index (χ1) is 10.5. The Morgan fingerprint density at radius 2 is 1.68 bits per heavy atom. The number of benzene rings is 2. The van der Waals surface area contributed by atoms with E-state index in [1.54, 1.807) is 36.4 Å². The molecule has 112 valence electrons. The largest absolute Gasteiger partial charge is 0.329 e. The Kier molecular flexibility index (Phi) is 3.81. The zero-order valence-electron chi connectivity index (χ0n) is 11.4. The molecule has 0 radical (unpaired) electrons. The Labute approximate surface area is 131 Å². The molecule has 4 nitrogen and oxygen atoms in total. The SMILES string of the molecule is O=C1NC(Cc2ccc(F)cc2)C(=O)N1c1ccc(Cl)cc1. The van der Waals surface area contributed by atoms with Gasteiger partial charge in [-0.3, -0.25) is 4.79 Å². The summed E-state index contributed by atoms with van der Waals surface area (Å²) in [4.78, 5) is 25.5. The summed E-state index contributed by atoms with van der Waals surface area (Å²) < 4.78 is 12.9. The normalized spacial score (nSPS) is 17.7. The highest BCUT2D eigenvalue weighted by atomic mass is 35.5. The number of amides is 3. The van der Waals surface area contributed by atoms with Crippen LogP contribution in [0.3, 0.4) is 0 Å². The van der Waals surface area contributed by atoms with E-state index in [0.717, 1.165) is 10.5 Å². The molecule has 0 bridgehead atoms. The molecule has 0 aliphatic carbocycles. The van der Waals surface area contributed by atoms with Crippen LogP contribution in [0.5, 0.6) is 0 Å². The van der Waals surface area contributed by atoms with Gasteiger partial charge in [0, 0.05) is 11.4 Å². The van der Waals surface area contributed by atoms with Crippen molar-refractivity contribution in [1.82, 2.24) is 5.32 Å². The second kappa shape index (κ2) is 5.77. The molecule has 1 atom stereocenters. The van der Waals surface area contributed by atoms with Gasteiger partial charge in [0.25, 0.3) is 5.91 Å². The highest BCUT2D eigenvalue weighted by Crippen LogP contribution is 2.23. The average Bonchev–Trinajstić information content (AvgIpc) is 2.77. The molecule has 0 spiro atoms. The van der Waals surface area contributed by atoms with Crippen LogP contribution >= 0.6 is 11.6 Å². The van der Waals surface area contributed by atoms with Crippen LogP contribution in [0.25, 0.3) is 0 Å². The second-order valence-electron chi connectivity index (χ2n) is 4.98. The topological polar surface area (TPSA) is 49.4 Å². The maximum atomic E-state index is 12.9. The van der Waals surface area contributed by atoms with Crippen LogP contribution in [0.15, 0.2) is 48.5 Å². The molecule has 1 fully saturated rings. The molecular weight excluding hydrogens is 307 g/mol. The van der Waals surface area contributed by atoms with Crippen LogP contribution < -0.4 is 10.2 Å². The van der Waals surface area contributed by atoms with Crippen molar-refractivity contribution in [2.45, 2.75) is 12.5 Å². The lowest BCUT2D eigenvalue weighted by Crippen LogP contribution is -2.32. The van der Waals surface area contributed by atoms with Gasteiger partial charge < -0.3 is 5.32 Å². The predicted octanol–water partition coefficient (Wildman–Crippen LogP) is 3.15. The van der Waals surface area contributed by atoms with E-state index in [9.17, 15) is 14.0 Å². The highest BCUT2D eigenvalue weighted by molar-refractivity contribution is 6.30. The van der Waals surface area contributed by atoms with E-state index in [2.05, 4.69) is 5.32 Å². The van der Waals surface area contributed by atoms with E-state index < -0.39 is 12.1 Å². The number of carbonyl (C=O) groups excluding carboxylic acids is 2. The van der Waals surface area contributed by atoms with E-state index >= 15 is 0 Å². The average molecular weight is 319 g/mol. The molecule has 2 aromatic carbocycles. The molecular formula is C16H12ClFN2O2. The number of hydrogen-bond donors (Lipinski definition) is 1. The molecule has 1 aliphatic heterocycles. The molecule has 1 N–H and O–H groups in total. The van der Waals surface area contributed by atoms with Crippen molar-refractivity contribution in [3.05, 3.63) is 64.9 Å². The Hall–Kier alpha value is -2.40. The summed E-state index contributed by atoms with van der Waals surface area (Å²) in [6.45, 7) is 0. The molecule has 1 unspecified atom stereocenters. The molecule has 2 aromatic rings. The van der Waals surface area contributed by atoms with Crippen LogP contribution in [-0.2, 0) is 11.2 Å². The van der Waals surface area contributed by atoms with Gasteiger partial charge in [-0.1, -0.05) is 23.7 Å². The fourth-order valence-electron chi connectivity index (χ4n) is 2.36. The zero-order chi connectivity index (χ0) is 15.7. The number of nitrogens with zero attached hydrogens (tertiary/aromatic N) is 1. The summed E-state index contributed by atoms with van der Waals surface area (Å²) in [7, 11) is 0. The molecule has 3 rings (SSSR count). The van der Waals surface area contributed by atoms with Gasteiger partial charge in [0.15, 0.2) is 0 Å². The maximum absolute atomic E-state index is 12.9. The smallest absolute Gasteiger partial charge is 0.325 e. The predicted molar refractivity (Wildman–Crippen MR) is 81.4 cm³/mol. The molecule has 1 saturated heterocycles. The Morgan fingerprint density at radius 3 is 2.32 bits per heavy atom. The van der Waals surface area contributed by atoms with Crippen molar-refractivity contribution in [3.63, 3.8) is 0 Å². The van der Waals surface area contributed by atoms with E-state index in [4.69, 9.17) is 11.6 Å². The summed E-state index contributed by atoms with van der Waals surface area (Å²) in [6.07, 6.45) is 0.314. The van der Waals surface area contributed by atoms with Gasteiger partial charge in [0.2, 0.25) is 0 Å². The number of urea groups is 1. The van der Waals surface area contributed by atoms with E-state index in [0.29, 0.717) is 17.1 Å². The number of halogens is 2. The van der Waals surface area contributed by atoms with Crippen LogP contribution in [-0.4, -0.2) is 18.0 Å². The molecule has 0 saturated carbocycles. The van der Waals surface area contributed by atoms with E-state index in [1.807, 2.05) is 0 Å². The molecule has 1 aliphatic rings. The van der Waals surface area contributed by atoms with Gasteiger partial charge in [-0.05, 0) is 42.0 Å². The maximum Gasteiger partial charge on any atom is 0.329 e. The van der Waals surface area contributed by atoms with Crippen LogP contribution in [0.2, 0.25) is 5.02 Å².